The summed E-state index contributed by atoms with van der Waals surface area (Å²) in [4.78, 5) is 27.0. The van der Waals surface area contributed by atoms with Crippen LogP contribution < -0.4 is 10.6 Å². The van der Waals surface area contributed by atoms with E-state index >= 15 is 0 Å². The van der Waals surface area contributed by atoms with Crippen molar-refractivity contribution in [2.24, 2.45) is 0 Å². The van der Waals surface area contributed by atoms with Crippen LogP contribution in [0.5, 0.6) is 0 Å². The molecule has 1 aliphatic rings. The van der Waals surface area contributed by atoms with Crippen LogP contribution in [-0.4, -0.2) is 32.1 Å². The lowest BCUT2D eigenvalue weighted by molar-refractivity contribution is -0.115. The molecule has 0 unspecified atom stereocenters. The van der Waals surface area contributed by atoms with Crippen molar-refractivity contribution in [2.75, 3.05) is 25.6 Å². The summed E-state index contributed by atoms with van der Waals surface area (Å²) in [7, 11) is 1.65. The molecule has 0 spiro atoms. The van der Waals surface area contributed by atoms with Crippen LogP contribution in [0.1, 0.15) is 45.6 Å². The Hall–Kier alpha value is -2.70. The van der Waals surface area contributed by atoms with Crippen LogP contribution in [-0.2, 0) is 28.8 Å². The lowest BCUT2D eigenvalue weighted by atomic mass is 9.95. The van der Waals surface area contributed by atoms with Crippen molar-refractivity contribution in [1.82, 2.24) is 5.32 Å². The number of hydrogen-bond donors (Lipinski definition) is 2. The molecule has 0 bridgehead atoms. The molecule has 1 aliphatic carbocycles. The Morgan fingerprint density at radius 1 is 1.06 bits per heavy atom. The van der Waals surface area contributed by atoms with Crippen LogP contribution in [0, 0.1) is 0 Å². The molecule has 2 aromatic carbocycles. The summed E-state index contributed by atoms with van der Waals surface area (Å²) >= 11 is 1.56. The molecule has 1 heterocycles. The quantitative estimate of drug-likeness (QED) is 0.502. The highest BCUT2D eigenvalue weighted by atomic mass is 32.1. The van der Waals surface area contributed by atoms with E-state index in [0.29, 0.717) is 23.7 Å². The molecular formula is C25H28N2O3S. The Bertz CT molecular complexity index is 1090. The maximum Gasteiger partial charge on any atom is 0.254 e. The van der Waals surface area contributed by atoms with Crippen LogP contribution in [0.4, 0.5) is 5.00 Å². The molecule has 0 radical (unpaired) electrons. The normalized spacial score (nSPS) is 13.1. The molecule has 0 saturated heterocycles. The fourth-order valence-corrected chi connectivity index (χ4v) is 5.41. The van der Waals surface area contributed by atoms with E-state index in [9.17, 15) is 9.59 Å². The predicted molar refractivity (Wildman–Crippen MR) is 126 cm³/mol. The summed E-state index contributed by atoms with van der Waals surface area (Å²) in [5, 5.41) is 8.99. The number of carbonyl (C=O) groups is 2. The Labute approximate surface area is 186 Å². The second-order valence-electron chi connectivity index (χ2n) is 7.92. The fourth-order valence-electron chi connectivity index (χ4n) is 4.11. The second-order valence-corrected chi connectivity index (χ2v) is 9.03. The van der Waals surface area contributed by atoms with Crippen LogP contribution in [0.2, 0.25) is 0 Å². The third-order valence-electron chi connectivity index (χ3n) is 5.64. The number of amides is 2. The third-order valence-corrected chi connectivity index (χ3v) is 6.85. The van der Waals surface area contributed by atoms with Crippen molar-refractivity contribution < 1.29 is 14.3 Å². The Morgan fingerprint density at radius 2 is 1.87 bits per heavy atom. The summed E-state index contributed by atoms with van der Waals surface area (Å²) in [5.74, 6) is -0.196. The summed E-state index contributed by atoms with van der Waals surface area (Å²) in [6, 6.07) is 14.2. The molecular weight excluding hydrogens is 408 g/mol. The van der Waals surface area contributed by atoms with E-state index < -0.39 is 0 Å². The van der Waals surface area contributed by atoms with Crippen molar-refractivity contribution in [1.29, 1.82) is 0 Å². The summed E-state index contributed by atoms with van der Waals surface area (Å²) in [6.07, 6.45) is 5.13. The zero-order valence-electron chi connectivity index (χ0n) is 17.8. The zero-order valence-corrected chi connectivity index (χ0v) is 18.6. The molecule has 1 aromatic heterocycles. The minimum absolute atomic E-state index is 0.0951. The average Bonchev–Trinajstić information content (AvgIpc) is 3.14. The predicted octanol–water partition coefficient (Wildman–Crippen LogP) is 4.73. The van der Waals surface area contributed by atoms with Gasteiger partial charge in [-0.1, -0.05) is 42.5 Å². The smallest absolute Gasteiger partial charge is 0.254 e. The minimum atomic E-state index is -0.100. The minimum Gasteiger partial charge on any atom is -0.385 e. The van der Waals surface area contributed by atoms with Gasteiger partial charge in [-0.15, -0.1) is 11.3 Å². The number of methoxy groups -OCH3 is 1. The van der Waals surface area contributed by atoms with Gasteiger partial charge in [0.15, 0.2) is 0 Å². The maximum atomic E-state index is 13.0. The number of carbonyl (C=O) groups excluding carboxylic acids is 2. The number of anilines is 1. The topological polar surface area (TPSA) is 67.4 Å². The van der Waals surface area contributed by atoms with Gasteiger partial charge in [0.05, 0.1) is 12.0 Å². The molecule has 0 saturated carbocycles. The van der Waals surface area contributed by atoms with E-state index in [1.165, 1.54) is 4.88 Å². The Balaban J connectivity index is 1.50. The molecule has 4 rings (SSSR count). The highest BCUT2D eigenvalue weighted by Crippen LogP contribution is 2.38. The summed E-state index contributed by atoms with van der Waals surface area (Å²) in [5.41, 5.74) is 2.73. The number of fused-ring (bicyclic) bond motifs is 2. The Kier molecular flexibility index (Phi) is 6.99. The van der Waals surface area contributed by atoms with E-state index in [2.05, 4.69) is 28.8 Å². The van der Waals surface area contributed by atoms with E-state index in [0.717, 1.165) is 54.0 Å². The van der Waals surface area contributed by atoms with Gasteiger partial charge in [-0.2, -0.15) is 0 Å². The SMILES string of the molecule is COCCCNC(=O)c1c(NC(=O)Cc2ccc3ccccc3c2)sc2c1CCCC2. The van der Waals surface area contributed by atoms with E-state index in [4.69, 9.17) is 4.74 Å². The average molecular weight is 437 g/mol. The molecule has 0 aliphatic heterocycles. The first-order valence-electron chi connectivity index (χ1n) is 10.8. The molecule has 162 valence electrons. The van der Waals surface area contributed by atoms with Crippen molar-refractivity contribution in [3.8, 4) is 0 Å². The molecule has 0 fully saturated rings. The lowest BCUT2D eigenvalue weighted by Gasteiger charge is -2.13. The molecule has 5 nitrogen and oxygen atoms in total. The van der Waals surface area contributed by atoms with Crippen molar-refractivity contribution >= 4 is 38.9 Å². The van der Waals surface area contributed by atoms with Crippen LogP contribution in [0.3, 0.4) is 0 Å². The number of hydrogen-bond acceptors (Lipinski definition) is 4. The number of benzene rings is 2. The van der Waals surface area contributed by atoms with Gasteiger partial charge in [0.2, 0.25) is 5.91 Å². The first-order valence-corrected chi connectivity index (χ1v) is 11.7. The largest absolute Gasteiger partial charge is 0.385 e. The molecule has 6 heteroatoms. The van der Waals surface area contributed by atoms with Gasteiger partial charge in [0.1, 0.15) is 5.00 Å². The molecule has 2 amide bonds. The van der Waals surface area contributed by atoms with Crippen LogP contribution >= 0.6 is 11.3 Å². The van der Waals surface area contributed by atoms with Gasteiger partial charge < -0.3 is 15.4 Å². The third kappa shape index (κ3) is 5.14. The van der Waals surface area contributed by atoms with Gasteiger partial charge in [-0.3, -0.25) is 9.59 Å². The molecule has 2 N–H and O–H groups in total. The number of thiophene rings is 1. The highest BCUT2D eigenvalue weighted by Gasteiger charge is 2.26. The van der Waals surface area contributed by atoms with E-state index in [-0.39, 0.29) is 18.2 Å². The van der Waals surface area contributed by atoms with E-state index in [1.54, 1.807) is 18.4 Å². The van der Waals surface area contributed by atoms with E-state index in [1.807, 2.05) is 24.3 Å². The summed E-state index contributed by atoms with van der Waals surface area (Å²) in [6.45, 7) is 1.17. The fraction of sp³-hybridized carbons (Fsp3) is 0.360. The summed E-state index contributed by atoms with van der Waals surface area (Å²) < 4.78 is 5.06. The molecule has 3 aromatic rings. The lowest BCUT2D eigenvalue weighted by Crippen LogP contribution is -2.27. The van der Waals surface area contributed by atoms with Gasteiger partial charge in [0, 0.05) is 25.1 Å². The monoisotopic (exact) mass is 436 g/mol. The van der Waals surface area contributed by atoms with Gasteiger partial charge in [-0.05, 0) is 54.0 Å². The van der Waals surface area contributed by atoms with Crippen molar-refractivity contribution in [2.45, 2.75) is 38.5 Å². The number of ether oxygens (including phenoxy) is 1. The first kappa shape index (κ1) is 21.5. The maximum absolute atomic E-state index is 13.0. The van der Waals surface area contributed by atoms with Crippen LogP contribution in [0.15, 0.2) is 42.5 Å². The zero-order chi connectivity index (χ0) is 21.6. The van der Waals surface area contributed by atoms with Crippen molar-refractivity contribution in [3.63, 3.8) is 0 Å². The second kappa shape index (κ2) is 10.1. The van der Waals surface area contributed by atoms with Crippen molar-refractivity contribution in [3.05, 3.63) is 64.0 Å². The molecule has 0 atom stereocenters. The van der Waals surface area contributed by atoms with Gasteiger partial charge >= 0.3 is 0 Å². The number of rotatable bonds is 8. The number of aryl methyl sites for hydroxylation is 1. The van der Waals surface area contributed by atoms with Gasteiger partial charge in [0.25, 0.3) is 5.91 Å². The standard InChI is InChI=1S/C25H28N2O3S/c1-30-14-6-13-26-24(29)23-20-9-4-5-10-21(20)31-25(23)27-22(28)16-17-11-12-18-7-2-3-8-19(18)15-17/h2-3,7-8,11-12,15H,4-6,9-10,13-14,16H2,1H3,(H,26,29)(H,27,28). The number of nitrogens with one attached hydrogen (secondary N) is 2. The molecule has 31 heavy (non-hydrogen) atoms. The first-order chi connectivity index (χ1) is 15.2. The highest BCUT2D eigenvalue weighted by molar-refractivity contribution is 7.17. The Morgan fingerprint density at radius 3 is 2.71 bits per heavy atom. The van der Waals surface area contributed by atoms with Crippen LogP contribution in [0.25, 0.3) is 10.8 Å². The van der Waals surface area contributed by atoms with Gasteiger partial charge in [-0.25, -0.2) is 0 Å².